The third kappa shape index (κ3) is 13.9. The van der Waals surface area contributed by atoms with Gasteiger partial charge in [0.05, 0.1) is 30.7 Å². The van der Waals surface area contributed by atoms with Gasteiger partial charge in [-0.2, -0.15) is 15.3 Å². The van der Waals surface area contributed by atoms with Gasteiger partial charge in [-0.25, -0.2) is 0 Å². The van der Waals surface area contributed by atoms with Crippen LogP contribution in [0.25, 0.3) is 0 Å². The highest BCUT2D eigenvalue weighted by Gasteiger charge is 2.19. The minimum Gasteiger partial charge on any atom is -0.389 e. The maximum absolute atomic E-state index is 11.1. The van der Waals surface area contributed by atoms with Crippen LogP contribution in [0.4, 0.5) is 0 Å². The molecule has 0 saturated carbocycles. The summed E-state index contributed by atoms with van der Waals surface area (Å²) in [4.78, 5) is 21.6. The monoisotopic (exact) mass is 586 g/mol. The van der Waals surface area contributed by atoms with Crippen molar-refractivity contribution in [1.82, 2.24) is 34.7 Å². The molecule has 3 heterocycles. The van der Waals surface area contributed by atoms with E-state index in [-0.39, 0.29) is 34.6 Å². The normalized spacial score (nSPS) is 12.1. The fourth-order valence-corrected chi connectivity index (χ4v) is 3.40. The Kier molecular flexibility index (Phi) is 12.7. The number of carbonyl (C=O) groups excluding carboxylic acids is 2. The molecule has 3 aromatic heterocycles. The second-order valence-electron chi connectivity index (χ2n) is 14.3. The molecule has 0 atom stereocenters. The molecule has 0 aliphatic carbocycles. The Morgan fingerprint density at radius 2 is 1.12 bits per heavy atom. The SMILES string of the molecule is CC(C)(C)c1cnn(CCC(N)=O)c1.CC(C)(O)Cn1cc(C(C)(C)C)cn1.CNC(=O)Cn1cc(C(C)(C)C)cn1. The van der Waals surface area contributed by atoms with E-state index < -0.39 is 5.60 Å². The van der Waals surface area contributed by atoms with Gasteiger partial charge in [-0.3, -0.25) is 23.6 Å². The first-order valence-electron chi connectivity index (χ1n) is 14.3. The van der Waals surface area contributed by atoms with Crippen LogP contribution in [0.15, 0.2) is 37.2 Å². The van der Waals surface area contributed by atoms with Gasteiger partial charge < -0.3 is 16.2 Å². The number of aliphatic hydroxyl groups is 1. The van der Waals surface area contributed by atoms with E-state index in [0.29, 0.717) is 19.5 Å². The van der Waals surface area contributed by atoms with Crippen molar-refractivity contribution in [2.24, 2.45) is 5.73 Å². The highest BCUT2D eigenvalue weighted by Crippen LogP contribution is 2.22. The Labute approximate surface area is 251 Å². The van der Waals surface area contributed by atoms with Crippen molar-refractivity contribution in [3.8, 4) is 0 Å². The van der Waals surface area contributed by atoms with Crippen molar-refractivity contribution in [3.05, 3.63) is 53.9 Å². The second-order valence-corrected chi connectivity index (χ2v) is 14.3. The van der Waals surface area contributed by atoms with E-state index in [1.165, 1.54) is 11.1 Å². The van der Waals surface area contributed by atoms with Crippen molar-refractivity contribution in [2.45, 2.75) is 124 Å². The maximum Gasteiger partial charge on any atom is 0.241 e. The highest BCUT2D eigenvalue weighted by molar-refractivity contribution is 5.75. The first-order valence-corrected chi connectivity index (χ1v) is 14.3. The van der Waals surface area contributed by atoms with Gasteiger partial charge in [0.25, 0.3) is 0 Å². The second kappa shape index (κ2) is 14.6. The summed E-state index contributed by atoms with van der Waals surface area (Å²) in [7, 11) is 1.62. The van der Waals surface area contributed by atoms with Gasteiger partial charge in [0, 0.05) is 38.6 Å². The summed E-state index contributed by atoms with van der Waals surface area (Å²) in [6.45, 7) is 24.1. The third-order valence-corrected chi connectivity index (χ3v) is 6.22. The minimum absolute atomic E-state index is 0.0337. The van der Waals surface area contributed by atoms with Crippen molar-refractivity contribution in [2.75, 3.05) is 7.05 Å². The number of aromatic nitrogens is 6. The van der Waals surface area contributed by atoms with Crippen molar-refractivity contribution < 1.29 is 14.7 Å². The van der Waals surface area contributed by atoms with E-state index in [1.807, 2.05) is 37.2 Å². The molecule has 0 radical (unpaired) electrons. The predicted octanol–water partition coefficient (Wildman–Crippen LogP) is 3.93. The van der Waals surface area contributed by atoms with Gasteiger partial charge in [0.1, 0.15) is 6.54 Å². The summed E-state index contributed by atoms with van der Waals surface area (Å²) in [6.07, 6.45) is 11.7. The molecule has 0 bridgehead atoms. The van der Waals surface area contributed by atoms with Crippen LogP contribution in [0.3, 0.4) is 0 Å². The van der Waals surface area contributed by atoms with Crippen LogP contribution < -0.4 is 11.1 Å². The summed E-state index contributed by atoms with van der Waals surface area (Å²) in [5.74, 6) is -0.327. The highest BCUT2D eigenvalue weighted by atomic mass is 16.3. The molecule has 0 aliphatic rings. The molecule has 236 valence electrons. The lowest BCUT2D eigenvalue weighted by atomic mass is 9.90. The first kappa shape index (κ1) is 36.6. The predicted molar refractivity (Wildman–Crippen MR) is 167 cm³/mol. The molecule has 11 nitrogen and oxygen atoms in total. The van der Waals surface area contributed by atoms with E-state index in [4.69, 9.17) is 5.73 Å². The van der Waals surface area contributed by atoms with Crippen LogP contribution in [0, 0.1) is 0 Å². The molecule has 0 aliphatic heterocycles. The number of nitrogens with zero attached hydrogens (tertiary/aromatic N) is 6. The topological polar surface area (TPSA) is 146 Å². The molecule has 0 spiro atoms. The fraction of sp³-hybridized carbons (Fsp3) is 0.645. The average molecular weight is 587 g/mol. The van der Waals surface area contributed by atoms with Crippen LogP contribution >= 0.6 is 0 Å². The number of amides is 2. The van der Waals surface area contributed by atoms with Gasteiger partial charge in [-0.15, -0.1) is 0 Å². The Hall–Kier alpha value is -3.47. The average Bonchev–Trinajstić information content (AvgIpc) is 3.57. The standard InChI is InChI=1S/C11H20N2O.2C10H17N3O/c1-10(2,3)9-6-12-13(7-9)8-11(4,5)14;1-10(2,3)8-5-12-13(6-8)7-9(14)11-4;1-10(2,3)8-6-12-13(7-8)5-4-9(11)14/h6-7,14H,8H2,1-5H3;5-6H,7H2,1-4H3,(H,11,14);6-7H,4-5H2,1-3H3,(H2,11,14). The zero-order valence-corrected chi connectivity index (χ0v) is 27.8. The lowest BCUT2D eigenvalue weighted by molar-refractivity contribution is -0.121. The molecule has 0 fully saturated rings. The number of primary amides is 1. The third-order valence-electron chi connectivity index (χ3n) is 6.22. The number of nitrogens with one attached hydrogen (secondary N) is 1. The summed E-state index contributed by atoms with van der Waals surface area (Å²) >= 11 is 0. The molecule has 0 unspecified atom stereocenters. The van der Waals surface area contributed by atoms with Crippen LogP contribution in [0.1, 0.15) is 99.3 Å². The van der Waals surface area contributed by atoms with E-state index in [1.54, 1.807) is 34.9 Å². The molecule has 42 heavy (non-hydrogen) atoms. The molecule has 4 N–H and O–H groups in total. The number of aryl methyl sites for hydroxylation is 1. The number of hydrogen-bond donors (Lipinski definition) is 3. The van der Waals surface area contributed by atoms with Crippen LogP contribution in [-0.4, -0.2) is 58.9 Å². The number of nitrogens with two attached hydrogens (primary N) is 1. The minimum atomic E-state index is -0.707. The van der Waals surface area contributed by atoms with E-state index >= 15 is 0 Å². The number of hydrogen-bond acceptors (Lipinski definition) is 6. The van der Waals surface area contributed by atoms with E-state index in [2.05, 4.69) is 82.9 Å². The number of likely N-dealkylation sites (N-methyl/N-ethyl adjacent to an activating group) is 1. The Bertz CT molecular complexity index is 1260. The van der Waals surface area contributed by atoms with Crippen molar-refractivity contribution in [1.29, 1.82) is 0 Å². The number of carbonyl (C=O) groups is 2. The zero-order valence-electron chi connectivity index (χ0n) is 27.8. The molecule has 3 aromatic rings. The van der Waals surface area contributed by atoms with E-state index in [9.17, 15) is 14.7 Å². The van der Waals surface area contributed by atoms with Gasteiger partial charge in [0.2, 0.25) is 11.8 Å². The lowest BCUT2D eigenvalue weighted by Gasteiger charge is -2.17. The van der Waals surface area contributed by atoms with Gasteiger partial charge in [-0.1, -0.05) is 62.3 Å². The Morgan fingerprint density at radius 1 is 0.738 bits per heavy atom. The Balaban J connectivity index is 0.000000315. The smallest absolute Gasteiger partial charge is 0.241 e. The molecular weight excluding hydrogens is 532 g/mol. The lowest BCUT2D eigenvalue weighted by Crippen LogP contribution is -2.26. The number of rotatable bonds is 7. The van der Waals surface area contributed by atoms with Gasteiger partial charge in [0.15, 0.2) is 0 Å². The van der Waals surface area contributed by atoms with Gasteiger partial charge >= 0.3 is 0 Å². The van der Waals surface area contributed by atoms with Crippen LogP contribution in [0.2, 0.25) is 0 Å². The van der Waals surface area contributed by atoms with E-state index in [0.717, 1.165) is 5.56 Å². The molecule has 2 amide bonds. The molecule has 0 aromatic carbocycles. The first-order chi connectivity index (χ1) is 19.0. The molecule has 3 rings (SSSR count). The zero-order chi connectivity index (χ0) is 32.5. The Morgan fingerprint density at radius 3 is 1.48 bits per heavy atom. The van der Waals surface area contributed by atoms with Crippen LogP contribution in [0.5, 0.6) is 0 Å². The molecule has 11 heteroatoms. The molecular formula is C31H54N8O3. The van der Waals surface area contributed by atoms with Crippen LogP contribution in [-0.2, 0) is 45.5 Å². The van der Waals surface area contributed by atoms with Gasteiger partial charge in [-0.05, 0) is 46.8 Å². The summed E-state index contributed by atoms with van der Waals surface area (Å²) in [6, 6.07) is 0. The quantitative estimate of drug-likeness (QED) is 0.382. The largest absolute Gasteiger partial charge is 0.389 e. The summed E-state index contributed by atoms with van der Waals surface area (Å²) < 4.78 is 5.20. The summed E-state index contributed by atoms with van der Waals surface area (Å²) in [5.41, 5.74) is 8.16. The van der Waals surface area contributed by atoms with Crippen molar-refractivity contribution >= 4 is 11.8 Å². The fourth-order valence-electron chi connectivity index (χ4n) is 3.40. The molecule has 0 saturated heterocycles. The summed E-state index contributed by atoms with van der Waals surface area (Å²) in [5, 5.41) is 24.7. The maximum atomic E-state index is 11.1. The van der Waals surface area contributed by atoms with Crippen molar-refractivity contribution in [3.63, 3.8) is 0 Å².